The van der Waals surface area contributed by atoms with Crippen molar-refractivity contribution in [2.75, 3.05) is 47.6 Å². The number of anilines is 6. The molecule has 0 aliphatic rings. The highest BCUT2D eigenvalue weighted by molar-refractivity contribution is 7.85. The van der Waals surface area contributed by atoms with Crippen molar-refractivity contribution in [3.05, 3.63) is 114 Å². The van der Waals surface area contributed by atoms with Crippen LogP contribution in [0.4, 0.5) is 46.3 Å². The number of aryl methyl sites for hydroxylation is 1. The zero-order chi connectivity index (χ0) is 38.1. The maximum Gasteiger partial charge on any atom is 0.294 e. The zero-order valence-electron chi connectivity index (χ0n) is 28.8. The highest BCUT2D eigenvalue weighted by Gasteiger charge is 2.19. The Balaban J connectivity index is 1.24. The Morgan fingerprint density at radius 1 is 0.778 bits per heavy atom. The third-order valence-electron chi connectivity index (χ3n) is 7.79. The van der Waals surface area contributed by atoms with Crippen molar-refractivity contribution in [1.29, 1.82) is 0 Å². The number of phenolic OH excluding ortho intramolecular Hbond substituents is 1. The van der Waals surface area contributed by atoms with Crippen molar-refractivity contribution in [1.82, 2.24) is 15.0 Å². The van der Waals surface area contributed by atoms with Gasteiger partial charge in [-0.3, -0.25) is 9.35 Å². The predicted octanol–water partition coefficient (Wildman–Crippen LogP) is 6.86. The monoisotopic (exact) mass is 749 g/mol. The van der Waals surface area contributed by atoms with Crippen LogP contribution in [0.3, 0.4) is 0 Å². The maximum atomic E-state index is 13.2. The molecule has 7 N–H and O–H groups in total. The van der Waals surface area contributed by atoms with Crippen LogP contribution >= 0.6 is 0 Å². The number of azo groups is 1. The number of aliphatic hydroxyl groups excluding tert-OH is 1. The second-order valence-electron chi connectivity index (χ2n) is 11.7. The first-order valence-corrected chi connectivity index (χ1v) is 17.9. The Morgan fingerprint density at radius 3 is 2.15 bits per heavy atom. The fourth-order valence-corrected chi connectivity index (χ4v) is 5.68. The highest BCUT2D eigenvalue weighted by atomic mass is 32.2. The van der Waals surface area contributed by atoms with Gasteiger partial charge in [-0.25, -0.2) is 0 Å². The number of nitrogens with one attached hydrogen (secondary N) is 4. The fraction of sp³-hybridized carbons (Fsp3) is 0.135. The number of fused-ring (bicyclic) bond motifs is 1. The van der Waals surface area contributed by atoms with Crippen molar-refractivity contribution in [3.63, 3.8) is 0 Å². The molecule has 0 aliphatic heterocycles. The normalized spacial score (nSPS) is 11.5. The van der Waals surface area contributed by atoms with Gasteiger partial charge in [-0.15, -0.1) is 5.11 Å². The molecule has 6 aromatic rings. The molecule has 16 nitrogen and oxygen atoms in total. The van der Waals surface area contributed by atoms with E-state index in [4.69, 9.17) is 9.84 Å². The third kappa shape index (κ3) is 9.46. The van der Waals surface area contributed by atoms with Gasteiger partial charge in [-0.05, 0) is 78.5 Å². The van der Waals surface area contributed by atoms with E-state index < -0.39 is 16.0 Å². The second-order valence-corrected chi connectivity index (χ2v) is 13.1. The lowest BCUT2D eigenvalue weighted by molar-refractivity contribution is 0.0991. The van der Waals surface area contributed by atoms with Gasteiger partial charge in [0.25, 0.3) is 16.0 Å². The summed E-state index contributed by atoms with van der Waals surface area (Å²) >= 11 is 0. The molecule has 0 atom stereocenters. The van der Waals surface area contributed by atoms with E-state index in [0.717, 1.165) is 5.56 Å². The summed E-state index contributed by atoms with van der Waals surface area (Å²) in [6, 6.07) is 28.4. The summed E-state index contributed by atoms with van der Waals surface area (Å²) in [6.45, 7) is 2.52. The van der Waals surface area contributed by atoms with Crippen molar-refractivity contribution in [2.24, 2.45) is 10.2 Å². The van der Waals surface area contributed by atoms with Gasteiger partial charge in [-0.2, -0.15) is 28.5 Å². The molecule has 17 heteroatoms. The molecule has 0 saturated carbocycles. The highest BCUT2D eigenvalue weighted by Crippen LogP contribution is 2.40. The van der Waals surface area contributed by atoms with Crippen molar-refractivity contribution in [2.45, 2.75) is 11.8 Å². The fourth-order valence-electron chi connectivity index (χ4n) is 5.20. The van der Waals surface area contributed by atoms with E-state index in [2.05, 4.69) is 46.4 Å². The number of rotatable bonds is 15. The van der Waals surface area contributed by atoms with Crippen LogP contribution in [0.5, 0.6) is 5.75 Å². The number of hydrogen-bond donors (Lipinski definition) is 7. The molecule has 1 amide bonds. The molecule has 0 fully saturated rings. The smallest absolute Gasteiger partial charge is 0.294 e. The van der Waals surface area contributed by atoms with Gasteiger partial charge in [0.1, 0.15) is 5.69 Å². The van der Waals surface area contributed by atoms with E-state index in [1.807, 2.05) is 31.2 Å². The number of para-hydroxylation sites is 1. The van der Waals surface area contributed by atoms with Crippen LogP contribution < -0.4 is 21.3 Å². The van der Waals surface area contributed by atoms with Gasteiger partial charge in [0.2, 0.25) is 17.8 Å². The van der Waals surface area contributed by atoms with Crippen LogP contribution in [-0.2, 0) is 14.9 Å². The van der Waals surface area contributed by atoms with Gasteiger partial charge in [0, 0.05) is 29.0 Å². The minimum atomic E-state index is -4.36. The number of amides is 1. The summed E-state index contributed by atoms with van der Waals surface area (Å²) in [5.74, 6) is -0.310. The van der Waals surface area contributed by atoms with E-state index in [9.17, 15) is 22.9 Å². The quantitative estimate of drug-likeness (QED) is 0.0323. The van der Waals surface area contributed by atoms with E-state index in [-0.39, 0.29) is 59.6 Å². The Hall–Kier alpha value is -6.53. The molecular formula is C37H35N9O7S. The Bertz CT molecular complexity index is 2410. The lowest BCUT2D eigenvalue weighted by Gasteiger charge is -2.12. The van der Waals surface area contributed by atoms with Gasteiger partial charge in [0.05, 0.1) is 36.0 Å². The van der Waals surface area contributed by atoms with Crippen LogP contribution in [-0.4, -0.2) is 70.4 Å². The molecule has 276 valence electrons. The minimum absolute atomic E-state index is 0.0515. The number of benzene rings is 5. The number of aliphatic hydroxyl groups is 1. The van der Waals surface area contributed by atoms with Crippen LogP contribution in [0, 0.1) is 6.92 Å². The molecule has 1 aromatic heterocycles. The molecule has 5 aromatic carbocycles. The number of phenols is 1. The van der Waals surface area contributed by atoms with E-state index in [0.29, 0.717) is 40.1 Å². The molecular weight excluding hydrogens is 715 g/mol. The second kappa shape index (κ2) is 16.9. The van der Waals surface area contributed by atoms with Crippen molar-refractivity contribution in [3.8, 4) is 5.75 Å². The Labute approximate surface area is 309 Å². The van der Waals surface area contributed by atoms with Crippen LogP contribution in [0.2, 0.25) is 0 Å². The first-order valence-electron chi connectivity index (χ1n) is 16.5. The lowest BCUT2D eigenvalue weighted by Crippen LogP contribution is -2.15. The summed E-state index contributed by atoms with van der Waals surface area (Å²) < 4.78 is 37.5. The van der Waals surface area contributed by atoms with Gasteiger partial charge in [0.15, 0.2) is 5.75 Å². The topological polar surface area (TPSA) is 233 Å². The zero-order valence-corrected chi connectivity index (χ0v) is 29.6. The first kappa shape index (κ1) is 37.2. The Kier molecular flexibility index (Phi) is 11.6. The SMILES string of the molecule is Cc1cc(Nc2nc(NCCOCCO)nc(Nc3ccc(S(=O)(=O)O)cc3)n2)ccc1N=Nc1c(O)c(C(=O)Nc2ccccc2)cc2ccccc12. The number of aromatic hydroxyl groups is 1. The standard InChI is InChI=1S/C37H35N9O7S/c1-23-21-27(41-37-43-35(38-17-19-53-20-18-47)42-36(44-37)40-26-11-14-28(15-12-26)54(50,51)52)13-16-31(23)45-46-32-29-10-6-5-7-24(29)22-30(33(32)48)34(49)39-25-8-3-2-4-9-25/h2-16,21-22,47-48H,17-20H2,1H3,(H,39,49)(H,50,51,52)(H3,38,40,41,42,43,44). The first-order chi connectivity index (χ1) is 26.1. The molecule has 0 unspecified atom stereocenters. The van der Waals surface area contributed by atoms with Crippen LogP contribution in [0.1, 0.15) is 15.9 Å². The number of nitrogens with zero attached hydrogens (tertiary/aromatic N) is 5. The lowest BCUT2D eigenvalue weighted by atomic mass is 10.0. The molecule has 0 spiro atoms. The van der Waals surface area contributed by atoms with E-state index in [1.54, 1.807) is 54.6 Å². The molecule has 0 bridgehead atoms. The van der Waals surface area contributed by atoms with E-state index >= 15 is 0 Å². The van der Waals surface area contributed by atoms with E-state index in [1.165, 1.54) is 24.3 Å². The van der Waals surface area contributed by atoms with Gasteiger partial charge >= 0.3 is 0 Å². The van der Waals surface area contributed by atoms with Crippen LogP contribution in [0.15, 0.2) is 118 Å². The number of ether oxygens (including phenoxy) is 1. The summed E-state index contributed by atoms with van der Waals surface area (Å²) in [5.41, 5.74) is 3.05. The number of carbonyl (C=O) groups excluding carboxylic acids is 1. The van der Waals surface area contributed by atoms with Gasteiger partial charge < -0.3 is 36.2 Å². The summed E-state index contributed by atoms with van der Waals surface area (Å²) in [7, 11) is -4.36. The summed E-state index contributed by atoms with van der Waals surface area (Å²) in [4.78, 5) is 26.2. The number of aromatic nitrogens is 3. The minimum Gasteiger partial charge on any atom is -0.505 e. The maximum absolute atomic E-state index is 13.2. The summed E-state index contributed by atoms with van der Waals surface area (Å²) in [6.07, 6.45) is 0. The molecule has 0 radical (unpaired) electrons. The molecule has 54 heavy (non-hydrogen) atoms. The number of hydrogen-bond acceptors (Lipinski definition) is 14. The van der Waals surface area contributed by atoms with Crippen molar-refractivity contribution < 1.29 is 32.7 Å². The molecule has 0 aliphatic carbocycles. The van der Waals surface area contributed by atoms with Gasteiger partial charge in [-0.1, -0.05) is 42.5 Å². The number of carbonyl (C=O) groups is 1. The average Bonchev–Trinajstić information content (AvgIpc) is 3.15. The Morgan fingerprint density at radius 2 is 1.44 bits per heavy atom. The third-order valence-corrected chi connectivity index (χ3v) is 8.66. The summed E-state index contributed by atoms with van der Waals surface area (Å²) in [5, 5.41) is 42.4. The molecule has 0 saturated heterocycles. The molecule has 1 heterocycles. The predicted molar refractivity (Wildman–Crippen MR) is 204 cm³/mol. The van der Waals surface area contributed by atoms with Crippen LogP contribution in [0.25, 0.3) is 10.8 Å². The average molecular weight is 750 g/mol. The van der Waals surface area contributed by atoms with Crippen molar-refractivity contribution >= 4 is 73.1 Å². The molecule has 6 rings (SSSR count). The largest absolute Gasteiger partial charge is 0.505 e.